The second-order valence-corrected chi connectivity index (χ2v) is 10.6. The van der Waals surface area contributed by atoms with Crippen LogP contribution in [-0.4, -0.2) is 32.6 Å². The molecule has 3 N–H and O–H groups in total. The van der Waals surface area contributed by atoms with Crippen LogP contribution in [0, 0.1) is 28.1 Å². The van der Waals surface area contributed by atoms with Crippen molar-refractivity contribution in [2.24, 2.45) is 28.1 Å². The first-order valence-electron chi connectivity index (χ1n) is 9.60. The fourth-order valence-corrected chi connectivity index (χ4v) is 7.99. The van der Waals surface area contributed by atoms with E-state index in [1.54, 1.807) is 0 Å². The lowest BCUT2D eigenvalue weighted by atomic mass is 9.40. The van der Waals surface area contributed by atoms with Crippen LogP contribution in [0.5, 0.6) is 0 Å². The van der Waals surface area contributed by atoms with E-state index in [0.717, 1.165) is 51.4 Å². The SMILES string of the molecule is CC1(C)C(O)CCC2(C)C3CCC4(O)CC3(CCC12)CC4(C)O. The van der Waals surface area contributed by atoms with Crippen LogP contribution in [0.25, 0.3) is 0 Å². The van der Waals surface area contributed by atoms with Crippen molar-refractivity contribution in [3.63, 3.8) is 0 Å². The van der Waals surface area contributed by atoms with Gasteiger partial charge in [0.15, 0.2) is 0 Å². The van der Waals surface area contributed by atoms with Crippen molar-refractivity contribution < 1.29 is 15.3 Å². The molecule has 7 atom stereocenters. The second kappa shape index (κ2) is 4.34. The van der Waals surface area contributed by atoms with Crippen LogP contribution in [0.3, 0.4) is 0 Å². The van der Waals surface area contributed by atoms with Crippen LogP contribution < -0.4 is 0 Å². The van der Waals surface area contributed by atoms with Crippen molar-refractivity contribution in [1.29, 1.82) is 0 Å². The molecule has 4 aliphatic rings. The smallest absolute Gasteiger partial charge is 0.0936 e. The Morgan fingerprint density at radius 2 is 1.43 bits per heavy atom. The molecule has 1 spiro atoms. The first-order chi connectivity index (χ1) is 10.5. The van der Waals surface area contributed by atoms with Gasteiger partial charge in [0.2, 0.25) is 0 Å². The number of aliphatic hydroxyl groups excluding tert-OH is 1. The van der Waals surface area contributed by atoms with Crippen molar-refractivity contribution in [2.75, 3.05) is 0 Å². The Labute approximate surface area is 140 Å². The van der Waals surface area contributed by atoms with Crippen LogP contribution >= 0.6 is 0 Å². The van der Waals surface area contributed by atoms with Gasteiger partial charge in [0.25, 0.3) is 0 Å². The molecule has 7 unspecified atom stereocenters. The van der Waals surface area contributed by atoms with Crippen molar-refractivity contribution in [1.82, 2.24) is 0 Å². The molecule has 0 aromatic rings. The molecule has 4 saturated carbocycles. The van der Waals surface area contributed by atoms with Crippen molar-refractivity contribution in [3.05, 3.63) is 0 Å². The zero-order chi connectivity index (χ0) is 16.9. The molecule has 4 aliphatic carbocycles. The van der Waals surface area contributed by atoms with Gasteiger partial charge in [-0.25, -0.2) is 0 Å². The summed E-state index contributed by atoms with van der Waals surface area (Å²) < 4.78 is 0. The molecular formula is C20H34O3. The van der Waals surface area contributed by atoms with Gasteiger partial charge in [-0.15, -0.1) is 0 Å². The number of fused-ring (bicyclic) bond motifs is 3. The predicted molar refractivity (Wildman–Crippen MR) is 89.8 cm³/mol. The molecule has 0 amide bonds. The third kappa shape index (κ3) is 1.82. The van der Waals surface area contributed by atoms with E-state index < -0.39 is 11.2 Å². The molecule has 2 bridgehead atoms. The van der Waals surface area contributed by atoms with Crippen LogP contribution in [0.2, 0.25) is 0 Å². The normalized spacial score (nSPS) is 60.9. The molecule has 3 nitrogen and oxygen atoms in total. The summed E-state index contributed by atoms with van der Waals surface area (Å²) >= 11 is 0. The molecule has 3 heteroatoms. The minimum absolute atomic E-state index is 0.0243. The van der Waals surface area contributed by atoms with Crippen molar-refractivity contribution in [3.8, 4) is 0 Å². The molecule has 0 heterocycles. The van der Waals surface area contributed by atoms with E-state index >= 15 is 0 Å². The molecular weight excluding hydrogens is 288 g/mol. The lowest BCUT2D eigenvalue weighted by Crippen LogP contribution is -2.60. The topological polar surface area (TPSA) is 60.7 Å². The largest absolute Gasteiger partial charge is 0.393 e. The summed E-state index contributed by atoms with van der Waals surface area (Å²) in [7, 11) is 0. The average Bonchev–Trinajstić information content (AvgIpc) is 2.56. The van der Waals surface area contributed by atoms with E-state index in [1.807, 2.05) is 6.92 Å². The molecule has 132 valence electrons. The molecule has 23 heavy (non-hydrogen) atoms. The predicted octanol–water partition coefficient (Wildman–Crippen LogP) is 3.26. The fraction of sp³-hybridized carbons (Fsp3) is 1.00. The van der Waals surface area contributed by atoms with Gasteiger partial charge in [-0.05, 0) is 86.4 Å². The highest BCUT2D eigenvalue weighted by Gasteiger charge is 2.71. The Kier molecular flexibility index (Phi) is 3.09. The van der Waals surface area contributed by atoms with Gasteiger partial charge >= 0.3 is 0 Å². The highest BCUT2D eigenvalue weighted by molar-refractivity contribution is 5.21. The summed E-state index contributed by atoms with van der Waals surface area (Å²) in [6.45, 7) is 8.81. The summed E-state index contributed by atoms with van der Waals surface area (Å²) in [4.78, 5) is 0. The van der Waals surface area contributed by atoms with Crippen LogP contribution in [0.1, 0.15) is 79.1 Å². The summed E-state index contributed by atoms with van der Waals surface area (Å²) in [5.74, 6) is 1.13. The molecule has 0 radical (unpaired) electrons. The monoisotopic (exact) mass is 322 g/mol. The van der Waals surface area contributed by atoms with Gasteiger partial charge in [-0.2, -0.15) is 0 Å². The summed E-state index contributed by atoms with van der Waals surface area (Å²) in [6, 6.07) is 0. The summed E-state index contributed by atoms with van der Waals surface area (Å²) in [6.07, 6.45) is 7.33. The van der Waals surface area contributed by atoms with Gasteiger partial charge < -0.3 is 15.3 Å². The van der Waals surface area contributed by atoms with Crippen LogP contribution in [-0.2, 0) is 0 Å². The minimum Gasteiger partial charge on any atom is -0.393 e. The molecule has 0 aliphatic heterocycles. The number of hydrogen-bond donors (Lipinski definition) is 3. The zero-order valence-corrected chi connectivity index (χ0v) is 15.2. The summed E-state index contributed by atoms with van der Waals surface area (Å²) in [5.41, 5.74) is -1.49. The van der Waals surface area contributed by atoms with Gasteiger partial charge in [-0.3, -0.25) is 0 Å². The Balaban J connectivity index is 1.75. The third-order valence-corrected chi connectivity index (χ3v) is 9.17. The first-order valence-corrected chi connectivity index (χ1v) is 9.60. The third-order valence-electron chi connectivity index (χ3n) is 9.17. The molecule has 0 saturated heterocycles. The number of hydrogen-bond acceptors (Lipinski definition) is 3. The van der Waals surface area contributed by atoms with Crippen LogP contribution in [0.4, 0.5) is 0 Å². The Morgan fingerprint density at radius 3 is 2.13 bits per heavy atom. The Bertz CT molecular complexity index is 523. The maximum atomic E-state index is 11.0. The van der Waals surface area contributed by atoms with Gasteiger partial charge in [0.05, 0.1) is 17.3 Å². The first kappa shape index (κ1) is 16.4. The highest BCUT2D eigenvalue weighted by atomic mass is 16.4. The minimum atomic E-state index is -0.936. The van der Waals surface area contributed by atoms with Crippen LogP contribution in [0.15, 0.2) is 0 Å². The van der Waals surface area contributed by atoms with E-state index in [4.69, 9.17) is 0 Å². The van der Waals surface area contributed by atoms with Gasteiger partial charge in [-0.1, -0.05) is 20.8 Å². The number of aliphatic hydroxyl groups is 3. The van der Waals surface area contributed by atoms with Gasteiger partial charge in [0.1, 0.15) is 0 Å². The molecule has 4 fully saturated rings. The van der Waals surface area contributed by atoms with E-state index in [9.17, 15) is 15.3 Å². The lowest BCUT2D eigenvalue weighted by Gasteiger charge is -2.65. The number of rotatable bonds is 0. The van der Waals surface area contributed by atoms with E-state index in [-0.39, 0.29) is 22.3 Å². The highest BCUT2D eigenvalue weighted by Crippen LogP contribution is 2.73. The summed E-state index contributed by atoms with van der Waals surface area (Å²) in [5, 5.41) is 32.5. The quantitative estimate of drug-likeness (QED) is 0.641. The fourth-order valence-electron chi connectivity index (χ4n) is 7.99. The molecule has 0 aromatic heterocycles. The standard InChI is InChI=1S/C20H34O3/c1-16(2)13-5-9-19-11-18(4,22)20(23,12-19)10-6-14(19)17(13,3)8-7-15(16)21/h13-15,21-23H,5-12H2,1-4H3. The Morgan fingerprint density at radius 1 is 0.783 bits per heavy atom. The lowest BCUT2D eigenvalue weighted by molar-refractivity contribution is -0.191. The van der Waals surface area contributed by atoms with E-state index in [1.165, 1.54) is 0 Å². The maximum Gasteiger partial charge on any atom is 0.0936 e. The Hall–Kier alpha value is -0.120. The van der Waals surface area contributed by atoms with Gasteiger partial charge in [0, 0.05) is 0 Å². The second-order valence-electron chi connectivity index (χ2n) is 10.6. The van der Waals surface area contributed by atoms with Crippen molar-refractivity contribution in [2.45, 2.75) is 96.4 Å². The van der Waals surface area contributed by atoms with E-state index in [2.05, 4.69) is 20.8 Å². The molecule has 0 aromatic carbocycles. The zero-order valence-electron chi connectivity index (χ0n) is 15.2. The van der Waals surface area contributed by atoms with E-state index in [0.29, 0.717) is 11.8 Å². The van der Waals surface area contributed by atoms with Crippen molar-refractivity contribution >= 4 is 0 Å². The maximum absolute atomic E-state index is 11.0. The average molecular weight is 322 g/mol. The molecule has 4 rings (SSSR count).